The fourth-order valence-corrected chi connectivity index (χ4v) is 4.90. The Kier molecular flexibility index (Phi) is 7.84. The largest absolute Gasteiger partial charge is 0.383 e. The number of thioether (sulfide) groups is 1. The molecular weight excluding hydrogens is 468 g/mol. The summed E-state index contributed by atoms with van der Waals surface area (Å²) >= 11 is 1.07. The van der Waals surface area contributed by atoms with Crippen LogP contribution in [0.15, 0.2) is 65.7 Å². The van der Waals surface area contributed by atoms with E-state index in [9.17, 15) is 28.8 Å². The van der Waals surface area contributed by atoms with Gasteiger partial charge in [-0.25, -0.2) is 13.8 Å². The van der Waals surface area contributed by atoms with Crippen LogP contribution in [-0.2, 0) is 9.67 Å². The van der Waals surface area contributed by atoms with Crippen LogP contribution in [0, 0.1) is 21.7 Å². The van der Waals surface area contributed by atoms with E-state index in [1.165, 1.54) is 6.92 Å². The van der Waals surface area contributed by atoms with Gasteiger partial charge in [-0.1, -0.05) is 42.1 Å². The average Bonchev–Trinajstić information content (AvgIpc) is 3.18. The summed E-state index contributed by atoms with van der Waals surface area (Å²) in [7, 11) is 0. The van der Waals surface area contributed by atoms with Gasteiger partial charge in [0.1, 0.15) is 27.7 Å². The Balaban J connectivity index is 1.99. The fraction of sp³-hybridized carbons (Fsp3) is 0.273. The maximum absolute atomic E-state index is 14.6. The van der Waals surface area contributed by atoms with Crippen molar-refractivity contribution in [1.82, 2.24) is 10.3 Å². The second kappa shape index (κ2) is 10.6. The summed E-state index contributed by atoms with van der Waals surface area (Å²) in [6, 6.07) is 11.8. The molecule has 2 atom stereocenters. The van der Waals surface area contributed by atoms with Gasteiger partial charge in [0.2, 0.25) is 0 Å². The van der Waals surface area contributed by atoms with Gasteiger partial charge in [0.15, 0.2) is 5.82 Å². The topological polar surface area (TPSA) is 134 Å². The lowest BCUT2D eigenvalue weighted by Crippen LogP contribution is -2.45. The number of hydrogen-bond donors (Lipinski definition) is 3. The van der Waals surface area contributed by atoms with Crippen molar-refractivity contribution >= 4 is 22.7 Å². The lowest BCUT2D eigenvalue weighted by atomic mass is 9.99. The van der Waals surface area contributed by atoms with Crippen molar-refractivity contribution in [2.75, 3.05) is 6.54 Å². The number of carbonyl (C=O) groups is 1. The molecule has 1 unspecified atom stereocenters. The molecule has 0 saturated heterocycles. The average molecular weight is 492 g/mol. The van der Waals surface area contributed by atoms with Gasteiger partial charge in [0, 0.05) is 12.1 Å². The molecule has 1 amide bonds. The summed E-state index contributed by atoms with van der Waals surface area (Å²) in [6.45, 7) is 1.52. The molecule has 1 heterocycles. The Morgan fingerprint density at radius 2 is 2.06 bits per heavy atom. The number of nitro groups is 1. The van der Waals surface area contributed by atoms with Crippen LogP contribution in [0.25, 0.3) is 0 Å². The van der Waals surface area contributed by atoms with Crippen molar-refractivity contribution in [3.63, 3.8) is 0 Å². The van der Waals surface area contributed by atoms with Crippen molar-refractivity contribution in [1.29, 1.82) is 0 Å². The minimum atomic E-state index is -1.40. The van der Waals surface area contributed by atoms with Crippen LogP contribution in [-0.4, -0.2) is 38.6 Å². The number of aliphatic hydroxyl groups excluding tert-OH is 1. The molecule has 0 fully saturated rings. The number of hydrazone groups is 1. The predicted molar refractivity (Wildman–Crippen MR) is 124 cm³/mol. The van der Waals surface area contributed by atoms with Crippen molar-refractivity contribution in [2.45, 2.75) is 30.7 Å². The van der Waals surface area contributed by atoms with E-state index in [0.717, 1.165) is 35.0 Å². The number of nitrogens with two attached hydrogens (primary N) is 1. The highest BCUT2D eigenvalue weighted by Gasteiger charge is 2.49. The number of nitrogens with zero attached hydrogens (tertiary/aromatic N) is 3. The summed E-state index contributed by atoms with van der Waals surface area (Å²) in [6.07, 6.45) is -0.148. The lowest BCUT2D eigenvalue weighted by Gasteiger charge is -2.36. The van der Waals surface area contributed by atoms with Crippen LogP contribution in [0.5, 0.6) is 0 Å². The number of aliphatic hydroxyl groups is 1. The van der Waals surface area contributed by atoms with Crippen LogP contribution in [0.4, 0.5) is 8.78 Å². The highest BCUT2D eigenvalue weighted by molar-refractivity contribution is 8.15. The fourth-order valence-electron chi connectivity index (χ4n) is 3.47. The Hall–Kier alpha value is -3.51. The minimum absolute atomic E-state index is 0.0792. The van der Waals surface area contributed by atoms with E-state index >= 15 is 0 Å². The zero-order valence-corrected chi connectivity index (χ0v) is 19.0. The van der Waals surface area contributed by atoms with Crippen LogP contribution in [0.1, 0.15) is 30.9 Å². The Morgan fingerprint density at radius 3 is 2.71 bits per heavy atom. The Morgan fingerprint density at radius 1 is 1.35 bits per heavy atom. The first kappa shape index (κ1) is 25.1. The molecule has 180 valence electrons. The molecule has 1 aliphatic heterocycles. The molecule has 4 N–H and O–H groups in total. The third-order valence-electron chi connectivity index (χ3n) is 5.01. The van der Waals surface area contributed by atoms with E-state index in [2.05, 4.69) is 10.4 Å². The number of amides is 1. The van der Waals surface area contributed by atoms with E-state index < -0.39 is 33.4 Å². The van der Waals surface area contributed by atoms with E-state index in [1.807, 2.05) is 0 Å². The smallest absolute Gasteiger partial charge is 0.273 e. The summed E-state index contributed by atoms with van der Waals surface area (Å²) < 4.78 is 28.5. The van der Waals surface area contributed by atoms with Crippen molar-refractivity contribution < 1.29 is 23.6 Å². The van der Waals surface area contributed by atoms with E-state index in [-0.39, 0.29) is 29.4 Å². The van der Waals surface area contributed by atoms with Gasteiger partial charge >= 0.3 is 0 Å². The second-order valence-corrected chi connectivity index (χ2v) is 8.77. The molecule has 0 bridgehead atoms. The first-order chi connectivity index (χ1) is 16.1. The predicted octanol–water partition coefficient (Wildman–Crippen LogP) is 2.84. The van der Waals surface area contributed by atoms with Crippen LogP contribution < -0.4 is 11.1 Å². The van der Waals surface area contributed by atoms with E-state index in [1.54, 1.807) is 30.3 Å². The first-order valence-corrected chi connectivity index (χ1v) is 11.1. The second-order valence-electron chi connectivity index (χ2n) is 7.51. The van der Waals surface area contributed by atoms with E-state index in [0.29, 0.717) is 18.2 Å². The molecule has 2 aromatic carbocycles. The number of carbonyl (C=O) groups excluding carboxylic acids is 1. The summed E-state index contributed by atoms with van der Waals surface area (Å²) in [5.74, 6) is -2.22. The van der Waals surface area contributed by atoms with Gasteiger partial charge in [-0.2, -0.15) is 5.10 Å². The molecule has 2 aromatic rings. The molecule has 0 radical (unpaired) electrons. The zero-order chi connectivity index (χ0) is 24.9. The summed E-state index contributed by atoms with van der Waals surface area (Å²) in [5.41, 5.74) is 6.11. The van der Waals surface area contributed by atoms with Gasteiger partial charge in [-0.05, 0) is 43.5 Å². The summed E-state index contributed by atoms with van der Waals surface area (Å²) in [4.78, 5) is 21.7. The van der Waals surface area contributed by atoms with Gasteiger partial charge in [-0.15, -0.1) is 0 Å². The molecule has 0 aliphatic carbocycles. The molecule has 1 aliphatic rings. The van der Waals surface area contributed by atoms with Crippen molar-refractivity contribution in [3.05, 3.63) is 93.4 Å². The molecule has 0 spiro atoms. The molecule has 0 aromatic heterocycles. The molecule has 3 rings (SSSR count). The van der Waals surface area contributed by atoms with E-state index in [4.69, 9.17) is 5.73 Å². The maximum atomic E-state index is 14.6. The van der Waals surface area contributed by atoms with Gasteiger partial charge in [0.05, 0.1) is 4.92 Å². The maximum Gasteiger partial charge on any atom is 0.273 e. The highest BCUT2D eigenvalue weighted by atomic mass is 32.2. The third kappa shape index (κ3) is 5.51. The number of hydrogen-bond acceptors (Lipinski definition) is 8. The van der Waals surface area contributed by atoms with Crippen molar-refractivity contribution in [2.24, 2.45) is 10.8 Å². The minimum Gasteiger partial charge on any atom is -0.383 e. The van der Waals surface area contributed by atoms with Gasteiger partial charge < -0.3 is 16.2 Å². The Labute approximate surface area is 198 Å². The monoisotopic (exact) mass is 491 g/mol. The number of halogens is 2. The van der Waals surface area contributed by atoms with Gasteiger partial charge in [0.25, 0.3) is 12.1 Å². The SMILES string of the molecule is C[C@H](O)C(=O)N1N=C(c2cc(F)ccc2F)SC1(CCCNC(N)=C[N+](=O)[O-])c1ccccc1. The normalized spacial score (nSPS) is 19.0. The molecule has 9 nitrogen and oxygen atoms in total. The standard InChI is InChI=1S/C22H23F2N5O4S/c1-14(30)21(31)29-22(15-6-3-2-4-7-15,10-5-11-26-19(25)13-28(32)33)34-20(27-29)17-12-16(23)8-9-18(17)24/h2-4,6-9,12-14,26,30H,5,10-11,25H2,1H3/t14-,22?/m0/s1. The highest BCUT2D eigenvalue weighted by Crippen LogP contribution is 2.50. The third-order valence-corrected chi connectivity index (χ3v) is 6.46. The lowest BCUT2D eigenvalue weighted by molar-refractivity contribution is -0.403. The number of benzene rings is 2. The first-order valence-electron chi connectivity index (χ1n) is 10.3. The summed E-state index contributed by atoms with van der Waals surface area (Å²) in [5, 5.41) is 28.8. The molecule has 0 saturated carbocycles. The zero-order valence-electron chi connectivity index (χ0n) is 18.1. The quantitative estimate of drug-likeness (QED) is 0.279. The van der Waals surface area contributed by atoms with Crippen LogP contribution in [0.3, 0.4) is 0 Å². The molecule has 34 heavy (non-hydrogen) atoms. The molecule has 12 heteroatoms. The van der Waals surface area contributed by atoms with Gasteiger partial charge in [-0.3, -0.25) is 14.9 Å². The number of rotatable bonds is 9. The number of nitrogens with one attached hydrogen (secondary N) is 1. The molecular formula is C22H23F2N5O4S. The van der Waals surface area contributed by atoms with Crippen molar-refractivity contribution in [3.8, 4) is 0 Å². The van der Waals surface area contributed by atoms with Crippen LogP contribution >= 0.6 is 11.8 Å². The Bertz CT molecular complexity index is 1130. The van der Waals surface area contributed by atoms with Crippen LogP contribution in [0.2, 0.25) is 0 Å².